The molecule has 2 aromatic carbocycles. The first-order valence-corrected chi connectivity index (χ1v) is 8.73. The Labute approximate surface area is 162 Å². The fraction of sp³-hybridized carbons (Fsp3) is 0.286. The Morgan fingerprint density at radius 3 is 2.18 bits per heavy atom. The number of nitriles is 1. The summed E-state index contributed by atoms with van der Waals surface area (Å²) in [6.45, 7) is 3.73. The van der Waals surface area contributed by atoms with E-state index in [1.54, 1.807) is 45.2 Å². The van der Waals surface area contributed by atoms with Crippen molar-refractivity contribution in [1.82, 2.24) is 10.2 Å². The first kappa shape index (κ1) is 21.0. The normalized spacial score (nSPS) is 11.6. The van der Waals surface area contributed by atoms with Gasteiger partial charge in [0, 0.05) is 13.6 Å². The van der Waals surface area contributed by atoms with Crippen molar-refractivity contribution in [2.24, 2.45) is 5.92 Å². The summed E-state index contributed by atoms with van der Waals surface area (Å²) in [6.07, 6.45) is 0. The van der Waals surface area contributed by atoms with Crippen molar-refractivity contribution in [2.75, 3.05) is 7.05 Å². The molecule has 0 radical (unpaired) electrons. The third kappa shape index (κ3) is 4.92. The molecule has 0 aliphatic heterocycles. The maximum Gasteiger partial charge on any atom is 0.257 e. The summed E-state index contributed by atoms with van der Waals surface area (Å²) in [7, 11) is 1.58. The van der Waals surface area contributed by atoms with Gasteiger partial charge in [-0.2, -0.15) is 5.26 Å². The zero-order chi connectivity index (χ0) is 20.8. The standard InChI is InChI=1S/C21H21F2N3O2/c1-13(2)19(25-20(27)18-16(22)5-4-6-17(18)23)21(28)26(3)12-15-9-7-14(11-24)8-10-15/h4-10,13,19H,12H2,1-3H3,(H,25,27). The number of nitrogens with one attached hydrogen (secondary N) is 1. The molecule has 0 saturated carbocycles. The van der Waals surface area contributed by atoms with Crippen LogP contribution >= 0.6 is 0 Å². The number of benzene rings is 2. The van der Waals surface area contributed by atoms with Crippen LogP contribution in [0.4, 0.5) is 8.78 Å². The van der Waals surface area contributed by atoms with Crippen LogP contribution in [0.3, 0.4) is 0 Å². The molecule has 5 nitrogen and oxygen atoms in total. The number of halogens is 2. The molecular weight excluding hydrogens is 364 g/mol. The number of amides is 2. The van der Waals surface area contributed by atoms with Crippen molar-refractivity contribution in [3.8, 4) is 6.07 Å². The van der Waals surface area contributed by atoms with Crippen molar-refractivity contribution in [3.05, 3.63) is 70.8 Å². The number of rotatable bonds is 6. The van der Waals surface area contributed by atoms with Gasteiger partial charge in [-0.05, 0) is 35.7 Å². The molecule has 0 aromatic heterocycles. The fourth-order valence-electron chi connectivity index (χ4n) is 2.72. The van der Waals surface area contributed by atoms with Gasteiger partial charge in [0.25, 0.3) is 5.91 Å². The van der Waals surface area contributed by atoms with Crippen LogP contribution in [0.1, 0.15) is 35.3 Å². The lowest BCUT2D eigenvalue weighted by Crippen LogP contribution is -2.50. The number of carbonyl (C=O) groups excluding carboxylic acids is 2. The molecule has 2 aromatic rings. The third-order valence-electron chi connectivity index (χ3n) is 4.29. The molecule has 2 amide bonds. The van der Waals surface area contributed by atoms with E-state index in [1.807, 2.05) is 6.07 Å². The van der Waals surface area contributed by atoms with Gasteiger partial charge in [0.05, 0.1) is 11.6 Å². The number of likely N-dealkylation sites (N-methyl/N-ethyl adjacent to an activating group) is 1. The molecular formula is C21H21F2N3O2. The van der Waals surface area contributed by atoms with Crippen molar-refractivity contribution in [3.63, 3.8) is 0 Å². The number of nitrogens with zero attached hydrogens (tertiary/aromatic N) is 2. The molecule has 0 bridgehead atoms. The molecule has 1 N–H and O–H groups in total. The smallest absolute Gasteiger partial charge is 0.257 e. The summed E-state index contributed by atoms with van der Waals surface area (Å²) in [4.78, 5) is 26.6. The molecule has 0 saturated heterocycles. The van der Waals surface area contributed by atoms with E-state index in [-0.39, 0.29) is 18.4 Å². The van der Waals surface area contributed by atoms with Crippen LogP contribution in [-0.2, 0) is 11.3 Å². The quantitative estimate of drug-likeness (QED) is 0.830. The van der Waals surface area contributed by atoms with E-state index < -0.39 is 29.1 Å². The van der Waals surface area contributed by atoms with E-state index in [9.17, 15) is 18.4 Å². The van der Waals surface area contributed by atoms with Gasteiger partial charge >= 0.3 is 0 Å². The maximum absolute atomic E-state index is 13.8. The lowest BCUT2D eigenvalue weighted by molar-refractivity contribution is -0.133. The second-order valence-electron chi connectivity index (χ2n) is 6.79. The zero-order valence-electron chi connectivity index (χ0n) is 15.9. The van der Waals surface area contributed by atoms with Crippen molar-refractivity contribution >= 4 is 11.8 Å². The number of hydrogen-bond acceptors (Lipinski definition) is 3. The average Bonchev–Trinajstić information content (AvgIpc) is 2.65. The Kier molecular flexibility index (Phi) is 6.83. The lowest BCUT2D eigenvalue weighted by Gasteiger charge is -2.27. The van der Waals surface area contributed by atoms with E-state index in [4.69, 9.17) is 5.26 Å². The van der Waals surface area contributed by atoms with Crippen LogP contribution in [-0.4, -0.2) is 29.8 Å². The van der Waals surface area contributed by atoms with Crippen LogP contribution in [0.2, 0.25) is 0 Å². The molecule has 146 valence electrons. The maximum atomic E-state index is 13.8. The molecule has 1 atom stereocenters. The van der Waals surface area contributed by atoms with Crippen molar-refractivity contribution < 1.29 is 18.4 Å². The van der Waals surface area contributed by atoms with E-state index in [0.29, 0.717) is 5.56 Å². The third-order valence-corrected chi connectivity index (χ3v) is 4.29. The number of carbonyl (C=O) groups is 2. The SMILES string of the molecule is CC(C)C(NC(=O)c1c(F)cccc1F)C(=O)N(C)Cc1ccc(C#N)cc1. The van der Waals surface area contributed by atoms with Gasteiger partial charge in [0.2, 0.25) is 5.91 Å². The van der Waals surface area contributed by atoms with Crippen LogP contribution in [0.25, 0.3) is 0 Å². The number of hydrogen-bond donors (Lipinski definition) is 1. The average molecular weight is 385 g/mol. The minimum absolute atomic E-state index is 0.262. The Balaban J connectivity index is 2.14. The van der Waals surface area contributed by atoms with Crippen LogP contribution in [0.15, 0.2) is 42.5 Å². The van der Waals surface area contributed by atoms with Gasteiger partial charge < -0.3 is 10.2 Å². The van der Waals surface area contributed by atoms with Crippen LogP contribution in [0.5, 0.6) is 0 Å². The van der Waals surface area contributed by atoms with Crippen molar-refractivity contribution in [2.45, 2.75) is 26.4 Å². The van der Waals surface area contributed by atoms with Gasteiger partial charge in [-0.1, -0.05) is 32.0 Å². The molecule has 0 heterocycles. The fourth-order valence-corrected chi connectivity index (χ4v) is 2.72. The van der Waals surface area contributed by atoms with E-state index >= 15 is 0 Å². The van der Waals surface area contributed by atoms with Gasteiger partial charge in [0.1, 0.15) is 23.2 Å². The summed E-state index contributed by atoms with van der Waals surface area (Å²) in [5.41, 5.74) is 0.608. The molecule has 2 rings (SSSR count). The minimum Gasteiger partial charge on any atom is -0.340 e. The molecule has 28 heavy (non-hydrogen) atoms. The molecule has 0 fully saturated rings. The lowest BCUT2D eigenvalue weighted by atomic mass is 10.0. The first-order chi connectivity index (χ1) is 13.2. The largest absolute Gasteiger partial charge is 0.340 e. The van der Waals surface area contributed by atoms with E-state index in [1.165, 1.54) is 4.90 Å². The van der Waals surface area contributed by atoms with E-state index in [0.717, 1.165) is 23.8 Å². The second-order valence-corrected chi connectivity index (χ2v) is 6.79. The van der Waals surface area contributed by atoms with Crippen molar-refractivity contribution in [1.29, 1.82) is 5.26 Å². The molecule has 0 aliphatic carbocycles. The highest BCUT2D eigenvalue weighted by molar-refractivity contribution is 5.98. The van der Waals surface area contributed by atoms with Gasteiger partial charge in [-0.25, -0.2) is 8.78 Å². The van der Waals surface area contributed by atoms with Crippen LogP contribution in [0, 0.1) is 28.9 Å². The summed E-state index contributed by atoms with van der Waals surface area (Å²) >= 11 is 0. The summed E-state index contributed by atoms with van der Waals surface area (Å²) < 4.78 is 27.7. The molecule has 0 aliphatic rings. The zero-order valence-corrected chi connectivity index (χ0v) is 15.9. The molecule has 1 unspecified atom stereocenters. The van der Waals surface area contributed by atoms with E-state index in [2.05, 4.69) is 5.32 Å². The van der Waals surface area contributed by atoms with Gasteiger partial charge in [0.15, 0.2) is 0 Å². The Bertz CT molecular complexity index is 885. The minimum atomic E-state index is -0.988. The molecule has 7 heteroatoms. The van der Waals surface area contributed by atoms with Gasteiger partial charge in [-0.3, -0.25) is 9.59 Å². The van der Waals surface area contributed by atoms with Gasteiger partial charge in [-0.15, -0.1) is 0 Å². The summed E-state index contributed by atoms with van der Waals surface area (Å²) in [5.74, 6) is -3.63. The summed E-state index contributed by atoms with van der Waals surface area (Å²) in [5, 5.41) is 11.3. The Hall–Kier alpha value is -3.27. The first-order valence-electron chi connectivity index (χ1n) is 8.73. The molecule has 0 spiro atoms. The van der Waals surface area contributed by atoms with Crippen LogP contribution < -0.4 is 5.32 Å². The highest BCUT2D eigenvalue weighted by Gasteiger charge is 2.29. The highest BCUT2D eigenvalue weighted by atomic mass is 19.1. The predicted molar refractivity (Wildman–Crippen MR) is 100 cm³/mol. The Morgan fingerprint density at radius 1 is 1.11 bits per heavy atom. The summed E-state index contributed by atoms with van der Waals surface area (Å²) in [6, 6.07) is 11.0. The highest BCUT2D eigenvalue weighted by Crippen LogP contribution is 2.15. The second kappa shape index (κ2) is 9.09. The predicted octanol–water partition coefficient (Wildman–Crippen LogP) is 3.25. The topological polar surface area (TPSA) is 73.2 Å². The Morgan fingerprint density at radius 2 is 1.68 bits per heavy atom. The monoisotopic (exact) mass is 385 g/mol.